The van der Waals surface area contributed by atoms with Crippen molar-refractivity contribution in [2.75, 3.05) is 18.5 Å². The van der Waals surface area contributed by atoms with E-state index < -0.39 is 0 Å². The van der Waals surface area contributed by atoms with Gasteiger partial charge in [0.15, 0.2) is 16.7 Å². The SMILES string of the molecule is CC(Sc1ncc(-c2ccccc2)[nH]1)C(=O)Nc1ccc2c(c1)OCCO2. The van der Waals surface area contributed by atoms with Crippen molar-refractivity contribution in [2.45, 2.75) is 17.3 Å². The molecule has 7 heteroatoms. The van der Waals surface area contributed by atoms with Crippen LogP contribution in [0.4, 0.5) is 5.69 Å². The number of carbonyl (C=O) groups is 1. The number of nitrogens with zero attached hydrogens (tertiary/aromatic N) is 1. The van der Waals surface area contributed by atoms with Gasteiger partial charge in [0.2, 0.25) is 5.91 Å². The zero-order valence-electron chi connectivity index (χ0n) is 14.8. The third kappa shape index (κ3) is 4.09. The Hall–Kier alpha value is -2.93. The molecule has 0 fully saturated rings. The Balaban J connectivity index is 1.39. The first-order valence-electron chi connectivity index (χ1n) is 8.66. The summed E-state index contributed by atoms with van der Waals surface area (Å²) in [5.74, 6) is 1.25. The van der Waals surface area contributed by atoms with E-state index >= 15 is 0 Å². The van der Waals surface area contributed by atoms with Crippen LogP contribution in [0.2, 0.25) is 0 Å². The molecule has 1 unspecified atom stereocenters. The summed E-state index contributed by atoms with van der Waals surface area (Å²) in [6, 6.07) is 15.4. The number of aromatic amines is 1. The third-order valence-corrected chi connectivity index (χ3v) is 5.10. The van der Waals surface area contributed by atoms with Gasteiger partial charge in [-0.05, 0) is 24.6 Å². The first-order chi connectivity index (χ1) is 13.2. The molecule has 4 rings (SSSR count). The Morgan fingerprint density at radius 3 is 2.74 bits per heavy atom. The first-order valence-corrected chi connectivity index (χ1v) is 9.54. The summed E-state index contributed by atoms with van der Waals surface area (Å²) in [4.78, 5) is 20.1. The maximum Gasteiger partial charge on any atom is 0.237 e. The number of benzene rings is 2. The molecule has 2 aromatic carbocycles. The smallest absolute Gasteiger partial charge is 0.237 e. The van der Waals surface area contributed by atoms with Crippen molar-refractivity contribution in [1.82, 2.24) is 9.97 Å². The summed E-state index contributed by atoms with van der Waals surface area (Å²) < 4.78 is 11.0. The Morgan fingerprint density at radius 1 is 1.15 bits per heavy atom. The molecule has 0 spiro atoms. The van der Waals surface area contributed by atoms with Crippen LogP contribution < -0.4 is 14.8 Å². The van der Waals surface area contributed by atoms with Gasteiger partial charge in [0.25, 0.3) is 0 Å². The molecule has 27 heavy (non-hydrogen) atoms. The highest BCUT2D eigenvalue weighted by molar-refractivity contribution is 8.00. The lowest BCUT2D eigenvalue weighted by Crippen LogP contribution is -2.23. The van der Waals surface area contributed by atoms with Gasteiger partial charge in [-0.25, -0.2) is 4.98 Å². The molecule has 2 heterocycles. The van der Waals surface area contributed by atoms with E-state index in [0.717, 1.165) is 11.3 Å². The van der Waals surface area contributed by atoms with Gasteiger partial charge in [-0.2, -0.15) is 0 Å². The number of anilines is 1. The van der Waals surface area contributed by atoms with Gasteiger partial charge in [0, 0.05) is 11.8 Å². The van der Waals surface area contributed by atoms with Crippen molar-refractivity contribution >= 4 is 23.4 Å². The van der Waals surface area contributed by atoms with Crippen molar-refractivity contribution in [3.63, 3.8) is 0 Å². The van der Waals surface area contributed by atoms with Crippen molar-refractivity contribution < 1.29 is 14.3 Å². The standard InChI is InChI=1S/C20H19N3O3S/c1-13(27-20-21-12-16(23-20)14-5-3-2-4-6-14)19(24)22-15-7-8-17-18(11-15)26-10-9-25-17/h2-8,11-13H,9-10H2,1H3,(H,21,23)(H,22,24). The molecule has 1 atom stereocenters. The van der Waals surface area contributed by atoms with Crippen molar-refractivity contribution in [3.8, 4) is 22.8 Å². The van der Waals surface area contributed by atoms with E-state index in [1.807, 2.05) is 43.3 Å². The highest BCUT2D eigenvalue weighted by Crippen LogP contribution is 2.33. The number of hydrogen-bond acceptors (Lipinski definition) is 5. The molecular weight excluding hydrogens is 362 g/mol. The van der Waals surface area contributed by atoms with Gasteiger partial charge in [-0.15, -0.1) is 0 Å². The van der Waals surface area contributed by atoms with Crippen molar-refractivity contribution in [2.24, 2.45) is 0 Å². The maximum absolute atomic E-state index is 12.5. The summed E-state index contributed by atoms with van der Waals surface area (Å²) in [6.45, 7) is 2.90. The highest BCUT2D eigenvalue weighted by Gasteiger charge is 2.18. The molecule has 0 saturated carbocycles. The minimum atomic E-state index is -0.312. The predicted molar refractivity (Wildman–Crippen MR) is 105 cm³/mol. The molecule has 138 valence electrons. The first kappa shape index (κ1) is 17.5. The lowest BCUT2D eigenvalue weighted by molar-refractivity contribution is -0.115. The molecule has 0 radical (unpaired) electrons. The Bertz CT molecular complexity index is 943. The minimum absolute atomic E-state index is 0.102. The number of rotatable bonds is 5. The lowest BCUT2D eigenvalue weighted by atomic mass is 10.2. The molecule has 1 amide bonds. The fourth-order valence-electron chi connectivity index (χ4n) is 2.71. The topological polar surface area (TPSA) is 76.2 Å². The molecule has 1 aliphatic rings. The average molecular weight is 381 g/mol. The fourth-order valence-corrected chi connectivity index (χ4v) is 3.50. The summed E-state index contributed by atoms with van der Waals surface area (Å²) in [6.07, 6.45) is 1.78. The predicted octanol–water partition coefficient (Wildman–Crippen LogP) is 3.97. The molecule has 6 nitrogen and oxygen atoms in total. The molecule has 1 aromatic heterocycles. The molecule has 3 aromatic rings. The molecular formula is C20H19N3O3S. The van der Waals surface area contributed by atoms with Gasteiger partial charge in [-0.1, -0.05) is 42.1 Å². The van der Waals surface area contributed by atoms with Crippen molar-refractivity contribution in [3.05, 3.63) is 54.7 Å². The van der Waals surface area contributed by atoms with E-state index in [2.05, 4.69) is 15.3 Å². The number of hydrogen-bond donors (Lipinski definition) is 2. The van der Waals surface area contributed by atoms with E-state index in [9.17, 15) is 4.79 Å². The number of aromatic nitrogens is 2. The molecule has 0 saturated heterocycles. The highest BCUT2D eigenvalue weighted by atomic mass is 32.2. The van der Waals surface area contributed by atoms with Crippen molar-refractivity contribution in [1.29, 1.82) is 0 Å². The fraction of sp³-hybridized carbons (Fsp3) is 0.200. The Morgan fingerprint density at radius 2 is 1.93 bits per heavy atom. The number of amides is 1. The van der Waals surface area contributed by atoms with Crippen LogP contribution in [0.5, 0.6) is 11.5 Å². The van der Waals surface area contributed by atoms with E-state index in [-0.39, 0.29) is 11.2 Å². The average Bonchev–Trinajstić information content (AvgIpc) is 3.17. The van der Waals surface area contributed by atoms with E-state index in [1.165, 1.54) is 11.8 Å². The number of nitrogens with one attached hydrogen (secondary N) is 2. The molecule has 0 aliphatic carbocycles. The maximum atomic E-state index is 12.5. The number of fused-ring (bicyclic) bond motifs is 1. The zero-order chi connectivity index (χ0) is 18.6. The van der Waals surface area contributed by atoms with E-state index in [0.29, 0.717) is 35.6 Å². The quantitative estimate of drug-likeness (QED) is 0.654. The normalized spacial score (nSPS) is 13.8. The van der Waals surface area contributed by atoms with Crippen LogP contribution in [0.15, 0.2) is 59.9 Å². The van der Waals surface area contributed by atoms with Crippen LogP contribution >= 0.6 is 11.8 Å². The van der Waals surface area contributed by atoms with Crippen LogP contribution in [0.3, 0.4) is 0 Å². The molecule has 0 bridgehead atoms. The largest absolute Gasteiger partial charge is 0.486 e. The van der Waals surface area contributed by atoms with E-state index in [1.54, 1.807) is 18.3 Å². The monoisotopic (exact) mass is 381 g/mol. The summed E-state index contributed by atoms with van der Waals surface area (Å²) in [5.41, 5.74) is 2.67. The Labute approximate surface area is 161 Å². The minimum Gasteiger partial charge on any atom is -0.486 e. The molecule has 1 aliphatic heterocycles. The zero-order valence-corrected chi connectivity index (χ0v) is 15.6. The third-order valence-electron chi connectivity index (χ3n) is 4.10. The summed E-state index contributed by atoms with van der Waals surface area (Å²) in [5, 5.41) is 3.31. The summed E-state index contributed by atoms with van der Waals surface area (Å²) in [7, 11) is 0. The number of imidazole rings is 1. The second-order valence-electron chi connectivity index (χ2n) is 6.08. The Kier molecular flexibility index (Phi) is 5.02. The van der Waals surface area contributed by atoms with Crippen LogP contribution in [-0.2, 0) is 4.79 Å². The van der Waals surface area contributed by atoms with Gasteiger partial charge in [0.05, 0.1) is 17.1 Å². The van der Waals surface area contributed by atoms with Gasteiger partial charge < -0.3 is 19.8 Å². The second kappa shape index (κ2) is 7.75. The lowest BCUT2D eigenvalue weighted by Gasteiger charge is -2.19. The van der Waals surface area contributed by atoms with E-state index in [4.69, 9.17) is 9.47 Å². The van der Waals surface area contributed by atoms with Gasteiger partial charge in [0.1, 0.15) is 13.2 Å². The summed E-state index contributed by atoms with van der Waals surface area (Å²) >= 11 is 1.38. The number of ether oxygens (including phenoxy) is 2. The van der Waals surface area contributed by atoms with Gasteiger partial charge >= 0.3 is 0 Å². The van der Waals surface area contributed by atoms with Crippen LogP contribution in [0, 0.1) is 0 Å². The molecule has 2 N–H and O–H groups in total. The van der Waals surface area contributed by atoms with Crippen LogP contribution in [0.1, 0.15) is 6.92 Å². The van der Waals surface area contributed by atoms with Gasteiger partial charge in [-0.3, -0.25) is 4.79 Å². The van der Waals surface area contributed by atoms with Crippen LogP contribution in [-0.4, -0.2) is 34.3 Å². The second-order valence-corrected chi connectivity index (χ2v) is 7.41. The number of thioether (sulfide) groups is 1. The number of carbonyl (C=O) groups excluding carboxylic acids is 1. The number of H-pyrrole nitrogens is 1. The van der Waals surface area contributed by atoms with Crippen LogP contribution in [0.25, 0.3) is 11.3 Å².